The van der Waals surface area contributed by atoms with Crippen molar-refractivity contribution in [1.29, 1.82) is 0 Å². The molecule has 19 heavy (non-hydrogen) atoms. The van der Waals surface area contributed by atoms with Crippen LogP contribution in [-0.4, -0.2) is 14.6 Å². The molecule has 0 atom stereocenters. The summed E-state index contributed by atoms with van der Waals surface area (Å²) in [6.07, 6.45) is 2.70. The molecule has 1 heterocycles. The lowest BCUT2D eigenvalue weighted by atomic mass is 10.4. The number of hydrazone groups is 1. The van der Waals surface area contributed by atoms with Crippen LogP contribution in [0.25, 0.3) is 0 Å². The van der Waals surface area contributed by atoms with Crippen molar-refractivity contribution in [2.45, 2.75) is 4.90 Å². The van der Waals surface area contributed by atoms with Gasteiger partial charge in [-0.05, 0) is 30.3 Å². The number of furan rings is 1. The molecule has 0 bridgehead atoms. The summed E-state index contributed by atoms with van der Waals surface area (Å²) in [5.74, 6) is 0.428. The summed E-state index contributed by atoms with van der Waals surface area (Å²) in [7, 11) is -3.79. The minimum absolute atomic E-state index is 0.0292. The number of rotatable bonds is 4. The molecule has 2 rings (SSSR count). The number of nitrogens with zero attached hydrogens (tertiary/aromatic N) is 1. The van der Waals surface area contributed by atoms with Gasteiger partial charge in [0.25, 0.3) is 10.0 Å². The van der Waals surface area contributed by atoms with E-state index in [9.17, 15) is 8.42 Å². The Morgan fingerprint density at radius 1 is 1.21 bits per heavy atom. The van der Waals surface area contributed by atoms with Crippen LogP contribution in [0.2, 0.25) is 10.0 Å². The van der Waals surface area contributed by atoms with Crippen LogP contribution < -0.4 is 4.83 Å². The SMILES string of the molecule is O=S(=O)(N/N=C/c1ccco1)c1ccc(Cl)c(Cl)c1. The summed E-state index contributed by atoms with van der Waals surface area (Å²) >= 11 is 11.5. The zero-order valence-corrected chi connectivity index (χ0v) is 11.7. The van der Waals surface area contributed by atoms with Crippen LogP contribution in [-0.2, 0) is 10.0 Å². The summed E-state index contributed by atoms with van der Waals surface area (Å²) in [5, 5.41) is 4.01. The minimum atomic E-state index is -3.79. The van der Waals surface area contributed by atoms with Gasteiger partial charge in [-0.2, -0.15) is 18.4 Å². The van der Waals surface area contributed by atoms with E-state index < -0.39 is 10.0 Å². The maximum absolute atomic E-state index is 11.9. The summed E-state index contributed by atoms with van der Waals surface area (Å²) in [6, 6.07) is 7.27. The number of nitrogens with one attached hydrogen (secondary N) is 1. The van der Waals surface area contributed by atoms with Crippen LogP contribution in [0.3, 0.4) is 0 Å². The molecule has 0 unspecified atom stereocenters. The van der Waals surface area contributed by atoms with Gasteiger partial charge in [0, 0.05) is 0 Å². The normalized spacial score (nSPS) is 11.9. The highest BCUT2D eigenvalue weighted by molar-refractivity contribution is 7.89. The lowest BCUT2D eigenvalue weighted by Gasteiger charge is -2.04. The minimum Gasteiger partial charge on any atom is -0.463 e. The van der Waals surface area contributed by atoms with E-state index in [2.05, 4.69) is 5.10 Å². The van der Waals surface area contributed by atoms with Crippen LogP contribution in [0.1, 0.15) is 5.76 Å². The highest BCUT2D eigenvalue weighted by atomic mass is 35.5. The molecule has 0 amide bonds. The second kappa shape index (κ2) is 5.64. The monoisotopic (exact) mass is 318 g/mol. The van der Waals surface area contributed by atoms with Crippen molar-refractivity contribution < 1.29 is 12.8 Å². The van der Waals surface area contributed by atoms with Crippen LogP contribution in [0.5, 0.6) is 0 Å². The molecular formula is C11H8Cl2N2O3S. The summed E-state index contributed by atoms with van der Waals surface area (Å²) in [4.78, 5) is 2.01. The third-order valence-electron chi connectivity index (χ3n) is 2.11. The van der Waals surface area contributed by atoms with E-state index >= 15 is 0 Å². The maximum Gasteiger partial charge on any atom is 0.276 e. The fraction of sp³-hybridized carbons (Fsp3) is 0. The Balaban J connectivity index is 2.16. The molecule has 0 aliphatic heterocycles. The Morgan fingerprint density at radius 2 is 2.00 bits per heavy atom. The van der Waals surface area contributed by atoms with E-state index in [0.29, 0.717) is 5.76 Å². The molecule has 0 radical (unpaired) electrons. The van der Waals surface area contributed by atoms with Crippen molar-refractivity contribution in [2.24, 2.45) is 5.10 Å². The molecule has 1 N–H and O–H groups in total. The van der Waals surface area contributed by atoms with Crippen molar-refractivity contribution in [2.75, 3.05) is 0 Å². The van der Waals surface area contributed by atoms with E-state index in [1.165, 1.54) is 30.7 Å². The lowest BCUT2D eigenvalue weighted by molar-refractivity contribution is 0.559. The predicted molar refractivity (Wildman–Crippen MR) is 73.1 cm³/mol. The summed E-state index contributed by atoms with van der Waals surface area (Å²) in [6.45, 7) is 0. The average molecular weight is 319 g/mol. The molecule has 0 spiro atoms. The summed E-state index contributed by atoms with van der Waals surface area (Å²) in [5.41, 5.74) is 0. The summed E-state index contributed by atoms with van der Waals surface area (Å²) < 4.78 is 28.7. The Hall–Kier alpha value is -1.50. The molecule has 1 aromatic carbocycles. The molecule has 0 saturated heterocycles. The first-order valence-corrected chi connectivity index (χ1v) is 7.26. The van der Waals surface area contributed by atoms with Crippen molar-refractivity contribution in [3.8, 4) is 0 Å². The van der Waals surface area contributed by atoms with Gasteiger partial charge in [-0.1, -0.05) is 23.2 Å². The largest absolute Gasteiger partial charge is 0.463 e. The second-order valence-corrected chi connectivity index (χ2v) is 5.92. The molecule has 100 valence electrons. The topological polar surface area (TPSA) is 71.7 Å². The van der Waals surface area contributed by atoms with Crippen molar-refractivity contribution in [3.05, 3.63) is 52.4 Å². The van der Waals surface area contributed by atoms with Gasteiger partial charge in [-0.3, -0.25) is 0 Å². The van der Waals surface area contributed by atoms with Crippen LogP contribution in [0.15, 0.2) is 51.0 Å². The van der Waals surface area contributed by atoms with E-state index in [1.54, 1.807) is 12.1 Å². The number of hydrogen-bond donors (Lipinski definition) is 1. The average Bonchev–Trinajstić information content (AvgIpc) is 2.85. The highest BCUT2D eigenvalue weighted by Crippen LogP contribution is 2.24. The smallest absolute Gasteiger partial charge is 0.276 e. The van der Waals surface area contributed by atoms with Gasteiger partial charge in [-0.25, -0.2) is 0 Å². The van der Waals surface area contributed by atoms with Gasteiger partial charge in [-0.15, -0.1) is 0 Å². The highest BCUT2D eigenvalue weighted by Gasteiger charge is 2.14. The molecule has 5 nitrogen and oxygen atoms in total. The maximum atomic E-state index is 11.9. The van der Waals surface area contributed by atoms with Crippen molar-refractivity contribution in [3.63, 3.8) is 0 Å². The Labute approximate surface area is 119 Å². The van der Waals surface area contributed by atoms with Gasteiger partial charge in [0.2, 0.25) is 0 Å². The van der Waals surface area contributed by atoms with E-state index in [1.807, 2.05) is 4.83 Å². The molecule has 8 heteroatoms. The predicted octanol–water partition coefficient (Wildman–Crippen LogP) is 2.90. The third kappa shape index (κ3) is 3.50. The first-order valence-electron chi connectivity index (χ1n) is 5.02. The third-order valence-corrected chi connectivity index (χ3v) is 4.07. The molecule has 2 aromatic rings. The number of halogens is 2. The van der Waals surface area contributed by atoms with Crippen LogP contribution >= 0.6 is 23.2 Å². The molecule has 0 fully saturated rings. The first-order chi connectivity index (χ1) is 8.99. The Morgan fingerprint density at radius 3 is 2.63 bits per heavy atom. The van der Waals surface area contributed by atoms with Gasteiger partial charge in [0.15, 0.2) is 0 Å². The number of benzene rings is 1. The fourth-order valence-electron chi connectivity index (χ4n) is 1.22. The van der Waals surface area contributed by atoms with Gasteiger partial charge in [0.1, 0.15) is 5.76 Å². The van der Waals surface area contributed by atoms with E-state index in [4.69, 9.17) is 27.6 Å². The van der Waals surface area contributed by atoms with E-state index in [-0.39, 0.29) is 14.9 Å². The Kier molecular flexibility index (Phi) is 4.14. The first kappa shape index (κ1) is 13.9. The lowest BCUT2D eigenvalue weighted by Crippen LogP contribution is -2.18. The fourth-order valence-corrected chi connectivity index (χ4v) is 2.40. The van der Waals surface area contributed by atoms with Crippen molar-refractivity contribution >= 4 is 39.4 Å². The van der Waals surface area contributed by atoms with Gasteiger partial charge < -0.3 is 4.42 Å². The van der Waals surface area contributed by atoms with Crippen LogP contribution in [0.4, 0.5) is 0 Å². The molecule has 0 aliphatic carbocycles. The molecule has 0 aliphatic rings. The van der Waals surface area contributed by atoms with Gasteiger partial charge in [0.05, 0.1) is 27.4 Å². The number of hydrogen-bond acceptors (Lipinski definition) is 4. The second-order valence-electron chi connectivity index (χ2n) is 3.44. The zero-order valence-electron chi connectivity index (χ0n) is 9.38. The molecular weight excluding hydrogens is 311 g/mol. The van der Waals surface area contributed by atoms with Crippen molar-refractivity contribution in [1.82, 2.24) is 4.83 Å². The Bertz CT molecular complexity index is 697. The number of sulfonamides is 1. The molecule has 0 saturated carbocycles. The quantitative estimate of drug-likeness (QED) is 0.696. The van der Waals surface area contributed by atoms with Gasteiger partial charge >= 0.3 is 0 Å². The zero-order chi connectivity index (χ0) is 13.9. The standard InChI is InChI=1S/C11H8Cl2N2O3S/c12-10-4-3-9(6-11(10)13)19(16,17)15-14-7-8-2-1-5-18-8/h1-7,15H/b14-7+. The van der Waals surface area contributed by atoms with E-state index in [0.717, 1.165) is 0 Å². The van der Waals surface area contributed by atoms with Crippen LogP contribution in [0, 0.1) is 0 Å². The molecule has 1 aromatic heterocycles.